The smallest absolute Gasteiger partial charge is 0.260 e. The van der Waals surface area contributed by atoms with Crippen LogP contribution in [0.3, 0.4) is 0 Å². The molecular formula is C18H18N8O2S. The van der Waals surface area contributed by atoms with Gasteiger partial charge in [-0.15, -0.1) is 10.2 Å². The van der Waals surface area contributed by atoms with Gasteiger partial charge in [0, 0.05) is 37.0 Å². The number of aromatic nitrogens is 7. The first-order valence-corrected chi connectivity index (χ1v) is 10.7. The molecule has 11 heteroatoms. The lowest BCUT2D eigenvalue weighted by Gasteiger charge is -2.29. The molecule has 1 aliphatic rings. The third kappa shape index (κ3) is 3.17. The molecule has 0 unspecified atom stereocenters. The van der Waals surface area contributed by atoms with E-state index in [1.165, 1.54) is 16.8 Å². The Morgan fingerprint density at radius 2 is 1.90 bits per heavy atom. The molecule has 0 amide bonds. The fraction of sp³-hybridized carbons (Fsp3) is 0.278. The number of pyridine rings is 1. The van der Waals surface area contributed by atoms with Gasteiger partial charge in [-0.3, -0.25) is 4.98 Å². The number of fused-ring (bicyclic) bond motifs is 1. The van der Waals surface area contributed by atoms with Crippen molar-refractivity contribution in [2.45, 2.75) is 23.8 Å². The molecule has 1 saturated heterocycles. The predicted octanol–water partition coefficient (Wildman–Crippen LogP) is 1.48. The van der Waals surface area contributed by atoms with Gasteiger partial charge in [0.2, 0.25) is 0 Å². The van der Waals surface area contributed by atoms with Crippen molar-refractivity contribution in [3.63, 3.8) is 0 Å². The maximum atomic E-state index is 12.7. The number of nitrogens with one attached hydrogen (secondary N) is 1. The van der Waals surface area contributed by atoms with E-state index in [1.54, 1.807) is 16.9 Å². The molecule has 5 heterocycles. The molecule has 0 atom stereocenters. The van der Waals surface area contributed by atoms with Crippen molar-refractivity contribution in [1.82, 2.24) is 39.1 Å². The predicted molar refractivity (Wildman–Crippen MR) is 103 cm³/mol. The second kappa shape index (κ2) is 7.01. The van der Waals surface area contributed by atoms with E-state index in [-0.39, 0.29) is 10.9 Å². The molecule has 0 saturated carbocycles. The van der Waals surface area contributed by atoms with Gasteiger partial charge in [0.1, 0.15) is 0 Å². The van der Waals surface area contributed by atoms with E-state index in [0.29, 0.717) is 31.6 Å². The van der Waals surface area contributed by atoms with Crippen LogP contribution in [0.25, 0.3) is 16.9 Å². The van der Waals surface area contributed by atoms with Crippen LogP contribution in [0.1, 0.15) is 24.6 Å². The fourth-order valence-electron chi connectivity index (χ4n) is 3.61. The number of hydrogen-bond donors (Lipinski definition) is 1. The van der Waals surface area contributed by atoms with Gasteiger partial charge in [0.15, 0.2) is 16.5 Å². The normalized spacial score (nSPS) is 16.4. The number of nitrogens with zero attached hydrogens (tertiary/aromatic N) is 7. The summed E-state index contributed by atoms with van der Waals surface area (Å²) in [6.45, 7) is 0.812. The molecule has 1 fully saturated rings. The Labute approximate surface area is 166 Å². The Hall–Kier alpha value is -3.18. The first kappa shape index (κ1) is 17.9. The third-order valence-corrected chi connectivity index (χ3v) is 6.98. The molecule has 10 nitrogen and oxygen atoms in total. The van der Waals surface area contributed by atoms with Crippen molar-refractivity contribution in [2.24, 2.45) is 0 Å². The Balaban J connectivity index is 1.40. The van der Waals surface area contributed by atoms with E-state index in [2.05, 4.69) is 25.1 Å². The summed E-state index contributed by atoms with van der Waals surface area (Å²) in [7, 11) is -3.55. The Morgan fingerprint density at radius 3 is 2.62 bits per heavy atom. The van der Waals surface area contributed by atoms with E-state index in [4.69, 9.17) is 5.10 Å². The highest BCUT2D eigenvalue weighted by Crippen LogP contribution is 2.29. The van der Waals surface area contributed by atoms with Crippen molar-refractivity contribution >= 4 is 15.7 Å². The van der Waals surface area contributed by atoms with E-state index < -0.39 is 10.0 Å². The van der Waals surface area contributed by atoms with Crippen molar-refractivity contribution < 1.29 is 8.42 Å². The highest BCUT2D eigenvalue weighted by molar-refractivity contribution is 7.89. The van der Waals surface area contributed by atoms with Gasteiger partial charge in [-0.1, -0.05) is 0 Å². The van der Waals surface area contributed by atoms with Crippen LogP contribution in [0.2, 0.25) is 0 Å². The third-order valence-electron chi connectivity index (χ3n) is 5.15. The molecule has 4 aromatic rings. The summed E-state index contributed by atoms with van der Waals surface area (Å²) in [4.78, 5) is 10.6. The first-order chi connectivity index (χ1) is 14.1. The van der Waals surface area contributed by atoms with Crippen molar-refractivity contribution in [2.75, 3.05) is 13.1 Å². The molecule has 148 valence electrons. The summed E-state index contributed by atoms with van der Waals surface area (Å²) < 4.78 is 28.6. The summed E-state index contributed by atoms with van der Waals surface area (Å²) in [6.07, 6.45) is 7.47. The number of sulfonamides is 1. The number of piperidine rings is 1. The second-order valence-electron chi connectivity index (χ2n) is 6.88. The molecule has 0 radical (unpaired) electrons. The second-order valence-corrected chi connectivity index (χ2v) is 8.79. The molecule has 0 spiro atoms. The molecule has 4 aromatic heterocycles. The van der Waals surface area contributed by atoms with Gasteiger partial charge < -0.3 is 4.98 Å². The van der Waals surface area contributed by atoms with Crippen LogP contribution in [0.5, 0.6) is 0 Å². The van der Waals surface area contributed by atoms with Crippen LogP contribution in [0, 0.1) is 0 Å². The minimum Gasteiger partial charge on any atom is -0.335 e. The van der Waals surface area contributed by atoms with Crippen molar-refractivity contribution in [3.05, 3.63) is 55.0 Å². The van der Waals surface area contributed by atoms with Gasteiger partial charge in [0.25, 0.3) is 10.0 Å². The van der Waals surface area contributed by atoms with Crippen LogP contribution in [-0.4, -0.2) is 60.6 Å². The zero-order valence-electron chi connectivity index (χ0n) is 15.4. The monoisotopic (exact) mass is 410 g/mol. The summed E-state index contributed by atoms with van der Waals surface area (Å²) >= 11 is 0. The van der Waals surface area contributed by atoms with Gasteiger partial charge in [-0.25, -0.2) is 13.4 Å². The lowest BCUT2D eigenvalue weighted by Crippen LogP contribution is -2.38. The minimum atomic E-state index is -3.55. The molecule has 0 aliphatic carbocycles. The molecule has 5 rings (SSSR count). The average Bonchev–Trinajstić information content (AvgIpc) is 3.45. The lowest BCUT2D eigenvalue weighted by atomic mass is 9.97. The van der Waals surface area contributed by atoms with Crippen LogP contribution in [0.4, 0.5) is 0 Å². The average molecular weight is 410 g/mol. The van der Waals surface area contributed by atoms with Crippen LogP contribution < -0.4 is 0 Å². The number of rotatable bonds is 4. The van der Waals surface area contributed by atoms with Crippen molar-refractivity contribution in [1.29, 1.82) is 0 Å². The molecule has 0 aromatic carbocycles. The van der Waals surface area contributed by atoms with Crippen LogP contribution in [-0.2, 0) is 10.0 Å². The molecular weight excluding hydrogens is 392 g/mol. The Kier molecular flexibility index (Phi) is 4.32. The first-order valence-electron chi connectivity index (χ1n) is 9.24. The van der Waals surface area contributed by atoms with E-state index in [1.807, 2.05) is 24.3 Å². The maximum Gasteiger partial charge on any atom is 0.260 e. The SMILES string of the molecule is O=S(=O)(c1cnc[nH]1)N1CCC(c2nnc3ccc(-c4cccnc4)nn23)CC1. The summed E-state index contributed by atoms with van der Waals surface area (Å²) in [5, 5.41) is 13.4. The molecule has 1 N–H and O–H groups in total. The largest absolute Gasteiger partial charge is 0.335 e. The highest BCUT2D eigenvalue weighted by Gasteiger charge is 2.32. The number of hydrogen-bond acceptors (Lipinski definition) is 7. The number of aromatic amines is 1. The zero-order chi connectivity index (χ0) is 19.8. The summed E-state index contributed by atoms with van der Waals surface area (Å²) in [5.74, 6) is 0.833. The van der Waals surface area contributed by atoms with Gasteiger partial charge in [-0.05, 0) is 37.1 Å². The van der Waals surface area contributed by atoms with Gasteiger partial charge >= 0.3 is 0 Å². The topological polar surface area (TPSA) is 122 Å². The maximum absolute atomic E-state index is 12.7. The van der Waals surface area contributed by atoms with E-state index >= 15 is 0 Å². The quantitative estimate of drug-likeness (QED) is 0.541. The number of H-pyrrole nitrogens is 1. The summed E-state index contributed by atoms with van der Waals surface area (Å²) in [5.41, 5.74) is 2.36. The highest BCUT2D eigenvalue weighted by atomic mass is 32.2. The van der Waals surface area contributed by atoms with E-state index in [9.17, 15) is 8.42 Å². The van der Waals surface area contributed by atoms with Crippen LogP contribution in [0.15, 0.2) is 54.2 Å². The molecule has 29 heavy (non-hydrogen) atoms. The van der Waals surface area contributed by atoms with Gasteiger partial charge in [0.05, 0.1) is 18.2 Å². The van der Waals surface area contributed by atoms with Crippen molar-refractivity contribution in [3.8, 4) is 11.3 Å². The van der Waals surface area contributed by atoms with Crippen LogP contribution >= 0.6 is 0 Å². The Bertz CT molecular complexity index is 1230. The Morgan fingerprint density at radius 1 is 1.03 bits per heavy atom. The fourth-order valence-corrected chi connectivity index (χ4v) is 4.97. The molecule has 1 aliphatic heterocycles. The lowest BCUT2D eigenvalue weighted by molar-refractivity contribution is 0.311. The van der Waals surface area contributed by atoms with Gasteiger partial charge in [-0.2, -0.15) is 13.9 Å². The zero-order valence-corrected chi connectivity index (χ0v) is 16.2. The standard InChI is InChI=1S/C18H18N8O2S/c27-29(28,17-11-20-12-21-17)25-8-5-13(6-9-25)18-23-22-16-4-3-15(24-26(16)18)14-2-1-7-19-10-14/h1-4,7,10-13H,5-6,8-9H2,(H,20,21). The van der Waals surface area contributed by atoms with E-state index in [0.717, 1.165) is 17.1 Å². The minimum absolute atomic E-state index is 0.0786. The summed E-state index contributed by atoms with van der Waals surface area (Å²) in [6, 6.07) is 7.59. The number of imidazole rings is 1. The molecule has 0 bridgehead atoms.